The lowest BCUT2D eigenvalue weighted by atomic mass is 9.80. The maximum Gasteiger partial charge on any atom is 0.0783 e. The van der Waals surface area contributed by atoms with Gasteiger partial charge in [0.15, 0.2) is 0 Å². The zero-order valence-electron chi connectivity index (χ0n) is 12.0. The first-order valence-electron chi connectivity index (χ1n) is 7.64. The third-order valence-corrected chi connectivity index (χ3v) is 5.92. The van der Waals surface area contributed by atoms with Gasteiger partial charge in [-0.3, -0.25) is 4.98 Å². The first kappa shape index (κ1) is 14.4. The average molecular weight is 292 g/mol. The van der Waals surface area contributed by atoms with Crippen molar-refractivity contribution in [1.82, 2.24) is 4.98 Å². The molecule has 0 bridgehead atoms. The lowest BCUT2D eigenvalue weighted by Gasteiger charge is -2.40. The highest BCUT2D eigenvalue weighted by molar-refractivity contribution is 7.99. The summed E-state index contributed by atoms with van der Waals surface area (Å²) in [5, 5.41) is 0. The van der Waals surface area contributed by atoms with E-state index in [1.807, 2.05) is 30.2 Å². The van der Waals surface area contributed by atoms with Crippen LogP contribution in [0, 0.1) is 5.92 Å². The molecule has 3 heterocycles. The largest absolute Gasteiger partial charge is 0.374 e. The van der Waals surface area contributed by atoms with E-state index < -0.39 is 0 Å². The molecule has 110 valence electrons. The summed E-state index contributed by atoms with van der Waals surface area (Å²) in [6, 6.07) is 4.43. The van der Waals surface area contributed by atoms with Gasteiger partial charge in [-0.25, -0.2) is 0 Å². The summed E-state index contributed by atoms with van der Waals surface area (Å²) in [4.78, 5) is 4.17. The van der Waals surface area contributed by atoms with Crippen molar-refractivity contribution in [3.63, 3.8) is 0 Å². The maximum atomic E-state index is 6.46. The molecule has 3 nitrogen and oxygen atoms in total. The van der Waals surface area contributed by atoms with Gasteiger partial charge in [0.1, 0.15) is 0 Å². The van der Waals surface area contributed by atoms with Crippen molar-refractivity contribution in [3.8, 4) is 0 Å². The second-order valence-electron chi connectivity index (χ2n) is 6.15. The second-order valence-corrected chi connectivity index (χ2v) is 7.26. The van der Waals surface area contributed by atoms with E-state index in [4.69, 9.17) is 10.5 Å². The fourth-order valence-corrected chi connectivity index (χ4v) is 4.79. The van der Waals surface area contributed by atoms with Gasteiger partial charge in [-0.05, 0) is 55.4 Å². The molecule has 20 heavy (non-hydrogen) atoms. The molecule has 4 heteroatoms. The van der Waals surface area contributed by atoms with E-state index in [1.165, 1.54) is 23.5 Å². The zero-order chi connectivity index (χ0) is 13.8. The van der Waals surface area contributed by atoms with Crippen LogP contribution < -0.4 is 5.73 Å². The van der Waals surface area contributed by atoms with E-state index in [1.54, 1.807) is 0 Å². The summed E-state index contributed by atoms with van der Waals surface area (Å²) >= 11 is 2.03. The standard InChI is InChI=1S/C16H24N2OS/c17-15(4-3-13-2-1-7-18-11-13)14-5-8-19-16(10-14)6-9-20-12-16/h1-2,7,11,14-15H,3-6,8-10,12,17H2. The molecule has 0 amide bonds. The minimum absolute atomic E-state index is 0.152. The number of hydrogen-bond donors (Lipinski definition) is 1. The number of nitrogens with zero attached hydrogens (tertiary/aromatic N) is 1. The Hall–Kier alpha value is -0.580. The molecule has 1 spiro atoms. The second kappa shape index (κ2) is 6.46. The molecule has 1 aromatic rings. The number of nitrogens with two attached hydrogens (primary N) is 1. The summed E-state index contributed by atoms with van der Waals surface area (Å²) in [5.41, 5.74) is 7.91. The lowest BCUT2D eigenvalue weighted by Crippen LogP contribution is -2.45. The molecular weight excluding hydrogens is 268 g/mol. The molecule has 2 aliphatic rings. The molecule has 3 rings (SSSR count). The topological polar surface area (TPSA) is 48.1 Å². The number of rotatable bonds is 4. The van der Waals surface area contributed by atoms with Gasteiger partial charge in [-0.15, -0.1) is 0 Å². The van der Waals surface area contributed by atoms with Crippen LogP contribution in [0.1, 0.15) is 31.2 Å². The molecule has 0 aromatic carbocycles. The highest BCUT2D eigenvalue weighted by atomic mass is 32.2. The summed E-state index contributed by atoms with van der Waals surface area (Å²) in [6.45, 7) is 0.895. The van der Waals surface area contributed by atoms with Crippen LogP contribution in [0.5, 0.6) is 0 Å². The highest BCUT2D eigenvalue weighted by Crippen LogP contribution is 2.41. The Kier molecular flexibility index (Phi) is 4.64. The Balaban J connectivity index is 1.53. The van der Waals surface area contributed by atoms with E-state index in [9.17, 15) is 0 Å². The fourth-order valence-electron chi connectivity index (χ4n) is 3.41. The third kappa shape index (κ3) is 3.35. The summed E-state index contributed by atoms with van der Waals surface area (Å²) in [7, 11) is 0. The van der Waals surface area contributed by atoms with Crippen molar-refractivity contribution in [2.75, 3.05) is 18.1 Å². The molecule has 2 saturated heterocycles. The van der Waals surface area contributed by atoms with Crippen molar-refractivity contribution in [2.24, 2.45) is 11.7 Å². The molecule has 2 aliphatic heterocycles. The van der Waals surface area contributed by atoms with Gasteiger partial charge in [-0.1, -0.05) is 6.07 Å². The Morgan fingerprint density at radius 1 is 1.55 bits per heavy atom. The van der Waals surface area contributed by atoms with Crippen LogP contribution >= 0.6 is 11.8 Å². The normalized spacial score (nSPS) is 31.6. The Morgan fingerprint density at radius 3 is 3.25 bits per heavy atom. The minimum Gasteiger partial charge on any atom is -0.374 e. The highest BCUT2D eigenvalue weighted by Gasteiger charge is 2.41. The molecule has 1 aromatic heterocycles. The Labute approximate surface area is 125 Å². The van der Waals surface area contributed by atoms with Gasteiger partial charge in [0.05, 0.1) is 5.60 Å². The smallest absolute Gasteiger partial charge is 0.0783 e. The van der Waals surface area contributed by atoms with E-state index in [2.05, 4.69) is 11.1 Å². The number of aromatic nitrogens is 1. The first-order valence-corrected chi connectivity index (χ1v) is 8.79. The quantitative estimate of drug-likeness (QED) is 0.927. The molecular formula is C16H24N2OS. The van der Waals surface area contributed by atoms with Crippen LogP contribution in [0.4, 0.5) is 0 Å². The van der Waals surface area contributed by atoms with Crippen LogP contribution in [0.3, 0.4) is 0 Å². The van der Waals surface area contributed by atoms with E-state index in [0.29, 0.717) is 12.0 Å². The van der Waals surface area contributed by atoms with E-state index >= 15 is 0 Å². The number of hydrogen-bond acceptors (Lipinski definition) is 4. The van der Waals surface area contributed by atoms with Crippen LogP contribution in [0.2, 0.25) is 0 Å². The van der Waals surface area contributed by atoms with Crippen molar-refractivity contribution >= 4 is 11.8 Å². The summed E-state index contributed by atoms with van der Waals surface area (Å²) in [5.74, 6) is 3.04. The van der Waals surface area contributed by atoms with Crippen molar-refractivity contribution in [3.05, 3.63) is 30.1 Å². The molecule has 2 fully saturated rings. The predicted octanol–water partition coefficient (Wildman–Crippen LogP) is 2.64. The maximum absolute atomic E-state index is 6.46. The third-order valence-electron chi connectivity index (χ3n) is 4.69. The van der Waals surface area contributed by atoms with E-state index in [0.717, 1.165) is 32.3 Å². The number of thioether (sulfide) groups is 1. The van der Waals surface area contributed by atoms with Crippen LogP contribution in [0.25, 0.3) is 0 Å². The molecule has 0 aliphatic carbocycles. The molecule has 0 radical (unpaired) electrons. The van der Waals surface area contributed by atoms with Gasteiger partial charge >= 0.3 is 0 Å². The molecule has 3 unspecified atom stereocenters. The van der Waals surface area contributed by atoms with E-state index in [-0.39, 0.29) is 5.60 Å². The number of ether oxygens (including phenoxy) is 1. The van der Waals surface area contributed by atoms with Crippen molar-refractivity contribution in [2.45, 2.75) is 43.7 Å². The number of aryl methyl sites for hydroxylation is 1. The van der Waals surface area contributed by atoms with Gasteiger partial charge in [0.2, 0.25) is 0 Å². The monoisotopic (exact) mass is 292 g/mol. The SMILES string of the molecule is NC(CCc1cccnc1)C1CCOC2(CCSC2)C1. The average Bonchev–Trinajstić information content (AvgIpc) is 2.93. The Bertz CT molecular complexity index is 420. The minimum atomic E-state index is 0.152. The fraction of sp³-hybridized carbons (Fsp3) is 0.688. The molecule has 0 saturated carbocycles. The molecule has 2 N–H and O–H groups in total. The number of pyridine rings is 1. The lowest BCUT2D eigenvalue weighted by molar-refractivity contribution is -0.0834. The molecule has 3 atom stereocenters. The van der Waals surface area contributed by atoms with Crippen LogP contribution in [-0.2, 0) is 11.2 Å². The first-order chi connectivity index (χ1) is 9.77. The van der Waals surface area contributed by atoms with Gasteiger partial charge in [0, 0.05) is 30.8 Å². The van der Waals surface area contributed by atoms with Gasteiger partial charge in [-0.2, -0.15) is 11.8 Å². The Morgan fingerprint density at radius 2 is 2.50 bits per heavy atom. The van der Waals surface area contributed by atoms with Crippen LogP contribution in [-0.4, -0.2) is 34.7 Å². The predicted molar refractivity (Wildman–Crippen MR) is 83.9 cm³/mol. The van der Waals surface area contributed by atoms with Crippen LogP contribution in [0.15, 0.2) is 24.5 Å². The van der Waals surface area contributed by atoms with Crippen molar-refractivity contribution < 1.29 is 4.74 Å². The van der Waals surface area contributed by atoms with Crippen molar-refractivity contribution in [1.29, 1.82) is 0 Å². The van der Waals surface area contributed by atoms with Gasteiger partial charge < -0.3 is 10.5 Å². The zero-order valence-corrected chi connectivity index (χ0v) is 12.8. The summed E-state index contributed by atoms with van der Waals surface area (Å²) in [6.07, 6.45) is 9.36. The van der Waals surface area contributed by atoms with Gasteiger partial charge in [0.25, 0.3) is 0 Å². The summed E-state index contributed by atoms with van der Waals surface area (Å²) < 4.78 is 6.08.